The maximum absolute atomic E-state index is 6.17. The molecular formula is C13H19ClN2. The molecule has 0 saturated carbocycles. The molecule has 1 aliphatic heterocycles. The van der Waals surface area contributed by atoms with Crippen LogP contribution in [0.5, 0.6) is 0 Å². The number of halogens is 1. The smallest absolute Gasteiger partial charge is 0.0438 e. The minimum absolute atomic E-state index is 0.479. The minimum Gasteiger partial charge on any atom is -0.330 e. The molecule has 1 heterocycles. The largest absolute Gasteiger partial charge is 0.330 e. The van der Waals surface area contributed by atoms with Crippen molar-refractivity contribution in [2.24, 2.45) is 11.7 Å². The summed E-state index contributed by atoms with van der Waals surface area (Å²) in [6.07, 6.45) is 1.15. The summed E-state index contributed by atoms with van der Waals surface area (Å²) in [5.74, 6) is 0.619. The summed E-state index contributed by atoms with van der Waals surface area (Å²) in [5.41, 5.74) is 8.31. The Morgan fingerprint density at radius 2 is 2.25 bits per heavy atom. The Bertz CT molecular complexity index is 378. The standard InChI is InChI=1S/C13H19ClN2/c1-9-11(4-3-5-12(9)14)13-6-10(7-15)8-16(13)2/h3-5,10,13H,6-8,15H2,1-2H3. The fourth-order valence-electron chi connectivity index (χ4n) is 2.63. The van der Waals surface area contributed by atoms with Gasteiger partial charge in [0.25, 0.3) is 0 Å². The molecule has 2 atom stereocenters. The molecule has 2 N–H and O–H groups in total. The van der Waals surface area contributed by atoms with Crippen LogP contribution in [0.15, 0.2) is 18.2 Å². The number of hydrogen-bond donors (Lipinski definition) is 1. The number of nitrogens with zero attached hydrogens (tertiary/aromatic N) is 1. The van der Waals surface area contributed by atoms with Crippen LogP contribution in [-0.2, 0) is 0 Å². The van der Waals surface area contributed by atoms with Gasteiger partial charge in [0, 0.05) is 17.6 Å². The quantitative estimate of drug-likeness (QED) is 0.858. The van der Waals surface area contributed by atoms with Gasteiger partial charge >= 0.3 is 0 Å². The zero-order chi connectivity index (χ0) is 11.7. The van der Waals surface area contributed by atoms with E-state index in [9.17, 15) is 0 Å². The molecule has 0 bridgehead atoms. The van der Waals surface area contributed by atoms with E-state index in [1.165, 1.54) is 11.1 Å². The van der Waals surface area contributed by atoms with E-state index >= 15 is 0 Å². The molecule has 1 aromatic rings. The van der Waals surface area contributed by atoms with Crippen molar-refractivity contribution >= 4 is 11.6 Å². The number of benzene rings is 1. The summed E-state index contributed by atoms with van der Waals surface area (Å²) < 4.78 is 0. The molecule has 1 aliphatic rings. The number of rotatable bonds is 2. The Kier molecular flexibility index (Phi) is 3.53. The Hall–Kier alpha value is -0.570. The fourth-order valence-corrected chi connectivity index (χ4v) is 2.81. The van der Waals surface area contributed by atoms with Gasteiger partial charge in [0.15, 0.2) is 0 Å². The highest BCUT2D eigenvalue weighted by molar-refractivity contribution is 6.31. The zero-order valence-corrected chi connectivity index (χ0v) is 10.7. The number of likely N-dealkylation sites (tertiary alicyclic amines) is 1. The molecule has 2 rings (SSSR count). The lowest BCUT2D eigenvalue weighted by Crippen LogP contribution is -2.21. The van der Waals surface area contributed by atoms with Gasteiger partial charge < -0.3 is 5.73 Å². The van der Waals surface area contributed by atoms with Crippen molar-refractivity contribution < 1.29 is 0 Å². The van der Waals surface area contributed by atoms with Gasteiger partial charge in [0.2, 0.25) is 0 Å². The van der Waals surface area contributed by atoms with Crippen LogP contribution in [0.3, 0.4) is 0 Å². The first-order valence-electron chi connectivity index (χ1n) is 5.78. The molecule has 2 nitrogen and oxygen atoms in total. The Morgan fingerprint density at radius 3 is 2.88 bits per heavy atom. The zero-order valence-electron chi connectivity index (χ0n) is 9.91. The fraction of sp³-hybridized carbons (Fsp3) is 0.538. The van der Waals surface area contributed by atoms with E-state index in [-0.39, 0.29) is 0 Å². The maximum atomic E-state index is 6.17. The van der Waals surface area contributed by atoms with Gasteiger partial charge in [-0.05, 0) is 50.0 Å². The van der Waals surface area contributed by atoms with Crippen molar-refractivity contribution in [2.45, 2.75) is 19.4 Å². The lowest BCUT2D eigenvalue weighted by molar-refractivity contribution is 0.313. The first-order valence-corrected chi connectivity index (χ1v) is 6.16. The van der Waals surface area contributed by atoms with Crippen molar-refractivity contribution in [2.75, 3.05) is 20.1 Å². The van der Waals surface area contributed by atoms with Gasteiger partial charge in [0.1, 0.15) is 0 Å². The molecule has 16 heavy (non-hydrogen) atoms. The van der Waals surface area contributed by atoms with Crippen molar-refractivity contribution in [1.29, 1.82) is 0 Å². The minimum atomic E-state index is 0.479. The normalized spacial score (nSPS) is 26.2. The summed E-state index contributed by atoms with van der Waals surface area (Å²) in [6, 6.07) is 6.65. The van der Waals surface area contributed by atoms with Gasteiger partial charge in [-0.1, -0.05) is 23.7 Å². The second kappa shape index (κ2) is 4.74. The second-order valence-electron chi connectivity index (χ2n) is 4.75. The van der Waals surface area contributed by atoms with Gasteiger partial charge in [0.05, 0.1) is 0 Å². The monoisotopic (exact) mass is 238 g/mol. The Labute approximate surface area is 102 Å². The van der Waals surface area contributed by atoms with E-state index in [2.05, 4.69) is 24.9 Å². The Balaban J connectivity index is 2.28. The van der Waals surface area contributed by atoms with Gasteiger partial charge in [-0.3, -0.25) is 4.90 Å². The maximum Gasteiger partial charge on any atom is 0.0438 e. The van der Waals surface area contributed by atoms with Crippen LogP contribution < -0.4 is 5.73 Å². The highest BCUT2D eigenvalue weighted by atomic mass is 35.5. The van der Waals surface area contributed by atoms with E-state index in [4.69, 9.17) is 17.3 Å². The number of hydrogen-bond acceptors (Lipinski definition) is 2. The molecule has 3 heteroatoms. The molecule has 0 amide bonds. The summed E-state index contributed by atoms with van der Waals surface area (Å²) in [6.45, 7) is 3.97. The van der Waals surface area contributed by atoms with Crippen LogP contribution >= 0.6 is 11.6 Å². The average Bonchev–Trinajstić information content (AvgIpc) is 2.64. The molecule has 0 aliphatic carbocycles. The van der Waals surface area contributed by atoms with Crippen LogP contribution in [0.1, 0.15) is 23.6 Å². The highest BCUT2D eigenvalue weighted by Gasteiger charge is 2.30. The summed E-state index contributed by atoms with van der Waals surface area (Å²) >= 11 is 6.17. The van der Waals surface area contributed by atoms with E-state index < -0.39 is 0 Å². The molecule has 0 aromatic heterocycles. The first kappa shape index (κ1) is 11.9. The van der Waals surface area contributed by atoms with E-state index in [1.807, 2.05) is 12.1 Å². The third-order valence-corrected chi connectivity index (χ3v) is 4.05. The topological polar surface area (TPSA) is 29.3 Å². The van der Waals surface area contributed by atoms with Crippen molar-refractivity contribution in [3.8, 4) is 0 Å². The lowest BCUT2D eigenvalue weighted by Gasteiger charge is -2.21. The predicted molar refractivity (Wildman–Crippen MR) is 68.7 cm³/mol. The Morgan fingerprint density at radius 1 is 1.50 bits per heavy atom. The third kappa shape index (κ3) is 2.10. The summed E-state index contributed by atoms with van der Waals surface area (Å²) in [7, 11) is 2.17. The van der Waals surface area contributed by atoms with E-state index in [0.717, 1.165) is 24.5 Å². The molecule has 1 aromatic carbocycles. The molecular weight excluding hydrogens is 220 g/mol. The number of nitrogens with two attached hydrogens (primary N) is 1. The van der Waals surface area contributed by atoms with E-state index in [1.54, 1.807) is 0 Å². The third-order valence-electron chi connectivity index (χ3n) is 3.64. The summed E-state index contributed by atoms with van der Waals surface area (Å²) in [5, 5.41) is 0.863. The molecule has 1 fully saturated rings. The summed E-state index contributed by atoms with van der Waals surface area (Å²) in [4.78, 5) is 2.39. The van der Waals surface area contributed by atoms with Crippen LogP contribution in [0.2, 0.25) is 5.02 Å². The van der Waals surface area contributed by atoms with E-state index in [0.29, 0.717) is 12.0 Å². The van der Waals surface area contributed by atoms with Crippen molar-refractivity contribution in [1.82, 2.24) is 4.90 Å². The molecule has 88 valence electrons. The van der Waals surface area contributed by atoms with Crippen LogP contribution in [-0.4, -0.2) is 25.0 Å². The van der Waals surface area contributed by atoms with Crippen LogP contribution in [0, 0.1) is 12.8 Å². The van der Waals surface area contributed by atoms with Gasteiger partial charge in [-0.2, -0.15) is 0 Å². The lowest BCUT2D eigenvalue weighted by atomic mass is 9.96. The molecule has 0 spiro atoms. The van der Waals surface area contributed by atoms with Crippen LogP contribution in [0.25, 0.3) is 0 Å². The van der Waals surface area contributed by atoms with Gasteiger partial charge in [-0.25, -0.2) is 0 Å². The van der Waals surface area contributed by atoms with Gasteiger partial charge in [-0.15, -0.1) is 0 Å². The first-order chi connectivity index (χ1) is 7.63. The second-order valence-corrected chi connectivity index (χ2v) is 5.15. The molecule has 1 saturated heterocycles. The molecule has 2 unspecified atom stereocenters. The average molecular weight is 239 g/mol. The van der Waals surface area contributed by atoms with Crippen molar-refractivity contribution in [3.05, 3.63) is 34.3 Å². The van der Waals surface area contributed by atoms with Crippen molar-refractivity contribution in [3.63, 3.8) is 0 Å². The SMILES string of the molecule is Cc1c(Cl)cccc1C1CC(CN)CN1C. The highest BCUT2D eigenvalue weighted by Crippen LogP contribution is 2.36. The van der Waals surface area contributed by atoms with Crippen LogP contribution in [0.4, 0.5) is 0 Å². The molecule has 0 radical (unpaired) electrons. The predicted octanol–water partition coefficient (Wildman–Crippen LogP) is 2.60.